The summed E-state index contributed by atoms with van der Waals surface area (Å²) in [5.41, 5.74) is 4.30. The van der Waals surface area contributed by atoms with Gasteiger partial charge in [-0.25, -0.2) is 0 Å². The largest absolute Gasteiger partial charge is 0.481 e. The molecule has 0 radical (unpaired) electrons. The average Bonchev–Trinajstić information content (AvgIpc) is 3.15. The number of carboxylic acid groups (broad SMARTS) is 1. The van der Waals surface area contributed by atoms with Crippen molar-refractivity contribution >= 4 is 17.7 Å². The van der Waals surface area contributed by atoms with Gasteiger partial charge in [-0.1, -0.05) is 47.9 Å². The van der Waals surface area contributed by atoms with Gasteiger partial charge in [0.1, 0.15) is 0 Å². The quantitative estimate of drug-likeness (QED) is 0.467. The maximum atomic E-state index is 10.5. The molecule has 0 unspecified atom stereocenters. The number of aromatic nitrogens is 2. The zero-order valence-electron chi connectivity index (χ0n) is 16.7. The van der Waals surface area contributed by atoms with E-state index >= 15 is 0 Å². The monoisotopic (exact) mass is 407 g/mol. The summed E-state index contributed by atoms with van der Waals surface area (Å²) in [6.07, 6.45) is 4.30. The summed E-state index contributed by atoms with van der Waals surface area (Å²) < 4.78 is 11.1. The first-order chi connectivity index (χ1) is 14.7. The van der Waals surface area contributed by atoms with Crippen LogP contribution in [0.25, 0.3) is 11.1 Å². The van der Waals surface area contributed by atoms with Crippen LogP contribution in [0, 0.1) is 0 Å². The fourth-order valence-corrected chi connectivity index (χ4v) is 3.29. The first kappa shape index (κ1) is 20.1. The van der Waals surface area contributed by atoms with Crippen molar-refractivity contribution in [1.29, 1.82) is 0 Å². The van der Waals surface area contributed by atoms with Crippen LogP contribution in [0.3, 0.4) is 0 Å². The molecule has 1 aliphatic carbocycles. The number of carbonyl (C=O) groups is 1. The Morgan fingerprint density at radius 3 is 2.37 bits per heavy atom. The van der Waals surface area contributed by atoms with E-state index < -0.39 is 5.97 Å². The van der Waals surface area contributed by atoms with Gasteiger partial charge in [0.25, 0.3) is 0 Å². The van der Waals surface area contributed by atoms with Crippen LogP contribution in [0.1, 0.15) is 43.1 Å². The second kappa shape index (κ2) is 9.54. The van der Waals surface area contributed by atoms with E-state index in [9.17, 15) is 4.79 Å². The van der Waals surface area contributed by atoms with Gasteiger partial charge in [0.15, 0.2) is 0 Å². The van der Waals surface area contributed by atoms with Crippen molar-refractivity contribution in [1.82, 2.24) is 10.2 Å². The van der Waals surface area contributed by atoms with Gasteiger partial charge in [0, 0.05) is 11.6 Å². The van der Waals surface area contributed by atoms with E-state index in [2.05, 4.69) is 51.9 Å². The topological polar surface area (TPSA) is 97.5 Å². The molecule has 7 heteroatoms. The number of nitrogens with zero attached hydrogens (tertiary/aromatic N) is 2. The zero-order chi connectivity index (χ0) is 20.8. The maximum absolute atomic E-state index is 10.5. The first-order valence-electron chi connectivity index (χ1n) is 10.3. The fraction of sp³-hybridized carbons (Fsp3) is 0.348. The smallest absolute Gasteiger partial charge is 0.320 e. The molecule has 0 aliphatic heterocycles. The van der Waals surface area contributed by atoms with Crippen LogP contribution in [-0.2, 0) is 16.0 Å². The highest BCUT2D eigenvalue weighted by atomic mass is 16.5. The molecule has 0 amide bonds. The Kier molecular flexibility index (Phi) is 6.39. The molecule has 0 atom stereocenters. The van der Waals surface area contributed by atoms with Crippen molar-refractivity contribution in [2.75, 3.05) is 18.5 Å². The number of hydrogen-bond donors (Lipinski definition) is 2. The highest BCUT2D eigenvalue weighted by Gasteiger charge is 2.25. The van der Waals surface area contributed by atoms with Gasteiger partial charge in [-0.05, 0) is 48.1 Å². The second-order valence-electron chi connectivity index (χ2n) is 7.48. The molecule has 7 nitrogen and oxygen atoms in total. The molecule has 4 rings (SSSR count). The second-order valence-corrected chi connectivity index (χ2v) is 7.48. The highest BCUT2D eigenvalue weighted by Crippen LogP contribution is 2.36. The molecule has 2 aromatic carbocycles. The summed E-state index contributed by atoms with van der Waals surface area (Å²) in [7, 11) is 0. The van der Waals surface area contributed by atoms with Crippen LogP contribution >= 0.6 is 0 Å². The minimum atomic E-state index is -0.837. The first-order valence-corrected chi connectivity index (χ1v) is 10.3. The van der Waals surface area contributed by atoms with E-state index in [-0.39, 0.29) is 13.0 Å². The molecule has 0 spiro atoms. The Morgan fingerprint density at radius 1 is 1.03 bits per heavy atom. The summed E-state index contributed by atoms with van der Waals surface area (Å²) in [5.74, 6) is 0.318. The molecule has 1 saturated carbocycles. The lowest BCUT2D eigenvalue weighted by Crippen LogP contribution is -2.08. The summed E-state index contributed by atoms with van der Waals surface area (Å²) in [6.45, 7) is 0.768. The van der Waals surface area contributed by atoms with Crippen LogP contribution in [0.2, 0.25) is 0 Å². The third kappa shape index (κ3) is 5.24. The van der Waals surface area contributed by atoms with Crippen molar-refractivity contribution < 1.29 is 19.1 Å². The van der Waals surface area contributed by atoms with Crippen LogP contribution in [0.15, 0.2) is 52.9 Å². The van der Waals surface area contributed by atoms with Crippen molar-refractivity contribution in [3.63, 3.8) is 0 Å². The lowest BCUT2D eigenvalue weighted by atomic mass is 9.85. The molecule has 2 N–H and O–H groups in total. The van der Waals surface area contributed by atoms with Crippen molar-refractivity contribution in [2.45, 2.75) is 38.0 Å². The number of ether oxygens (including phenoxy) is 1. The van der Waals surface area contributed by atoms with Crippen molar-refractivity contribution in [2.24, 2.45) is 0 Å². The Labute approximate surface area is 175 Å². The molecule has 3 aromatic rings. The van der Waals surface area contributed by atoms with Gasteiger partial charge in [-0.2, -0.15) is 0 Å². The third-order valence-electron chi connectivity index (χ3n) is 5.31. The summed E-state index contributed by atoms with van der Waals surface area (Å²) in [4.78, 5) is 10.5. The molecule has 30 heavy (non-hydrogen) atoms. The highest BCUT2D eigenvalue weighted by molar-refractivity contribution is 5.67. The van der Waals surface area contributed by atoms with E-state index in [1.807, 2.05) is 12.1 Å². The summed E-state index contributed by atoms with van der Waals surface area (Å²) >= 11 is 0. The number of rotatable bonds is 10. The van der Waals surface area contributed by atoms with Gasteiger partial charge in [0.2, 0.25) is 5.89 Å². The Balaban J connectivity index is 1.29. The van der Waals surface area contributed by atoms with Gasteiger partial charge >= 0.3 is 12.0 Å². The zero-order valence-corrected chi connectivity index (χ0v) is 16.7. The predicted octanol–water partition coefficient (Wildman–Crippen LogP) is 4.78. The van der Waals surface area contributed by atoms with Crippen LogP contribution in [0.5, 0.6) is 0 Å². The van der Waals surface area contributed by atoms with E-state index in [0.29, 0.717) is 18.5 Å². The normalized spacial score (nSPS) is 13.7. The number of anilines is 2. The van der Waals surface area contributed by atoms with Crippen LogP contribution in [0.4, 0.5) is 11.7 Å². The van der Waals surface area contributed by atoms with Crippen LogP contribution in [-0.4, -0.2) is 34.5 Å². The third-order valence-corrected chi connectivity index (χ3v) is 5.31. The van der Waals surface area contributed by atoms with E-state index in [1.165, 1.54) is 6.42 Å². The molecule has 156 valence electrons. The van der Waals surface area contributed by atoms with Crippen molar-refractivity contribution in [3.8, 4) is 11.1 Å². The average molecular weight is 407 g/mol. The molecule has 1 aliphatic rings. The predicted molar refractivity (Wildman–Crippen MR) is 113 cm³/mol. The van der Waals surface area contributed by atoms with E-state index in [1.54, 1.807) is 0 Å². The Hall–Kier alpha value is -3.19. The maximum Gasteiger partial charge on any atom is 0.320 e. The molecular formula is C23H25N3O4. The fourth-order valence-electron chi connectivity index (χ4n) is 3.29. The number of carboxylic acids is 1. The molecule has 0 bridgehead atoms. The molecule has 1 heterocycles. The molecule has 0 saturated heterocycles. The molecule has 1 fully saturated rings. The van der Waals surface area contributed by atoms with Gasteiger partial charge in [0.05, 0.1) is 19.6 Å². The molecular weight excluding hydrogens is 382 g/mol. The lowest BCUT2D eigenvalue weighted by molar-refractivity contribution is -0.138. The Bertz CT molecular complexity index is 963. The summed E-state index contributed by atoms with van der Waals surface area (Å²) in [5, 5.41) is 20.0. The number of nitrogens with one attached hydrogen (secondary N) is 1. The van der Waals surface area contributed by atoms with E-state index in [4.69, 9.17) is 14.3 Å². The number of benzene rings is 2. The standard InChI is InChI=1S/C23H25N3O4/c27-21(28)13-15-29-14-12-16-4-6-17(7-5-16)18-8-10-20(11-9-18)24-23-26-25-22(30-23)19-2-1-3-19/h4-11,19H,1-3,12-15H2,(H,24,26)(H,27,28). The summed E-state index contributed by atoms with van der Waals surface area (Å²) in [6, 6.07) is 16.8. The number of hydrogen-bond acceptors (Lipinski definition) is 6. The van der Waals surface area contributed by atoms with Crippen molar-refractivity contribution in [3.05, 3.63) is 60.0 Å². The molecule has 1 aromatic heterocycles. The Morgan fingerprint density at radius 2 is 1.73 bits per heavy atom. The van der Waals surface area contributed by atoms with Gasteiger partial charge in [-0.15, -0.1) is 5.10 Å². The van der Waals surface area contributed by atoms with E-state index in [0.717, 1.165) is 47.5 Å². The van der Waals surface area contributed by atoms with Gasteiger partial charge in [-0.3, -0.25) is 4.79 Å². The minimum absolute atomic E-state index is 0.0397. The van der Waals surface area contributed by atoms with Gasteiger partial charge < -0.3 is 19.6 Å². The lowest BCUT2D eigenvalue weighted by Gasteiger charge is -2.20. The number of aliphatic carboxylic acids is 1. The SMILES string of the molecule is O=C(O)CCOCCc1ccc(-c2ccc(Nc3nnc(C4CCC4)o3)cc2)cc1. The van der Waals surface area contributed by atoms with Crippen LogP contribution < -0.4 is 5.32 Å². The minimum Gasteiger partial charge on any atom is -0.481 e.